The Morgan fingerprint density at radius 3 is 2.59 bits per heavy atom. The molecule has 0 spiro atoms. The third-order valence-electron chi connectivity index (χ3n) is 2.43. The SMILES string of the molecule is Cc1nnc(CCNc2ncc(Br)cn2)n1C. The number of hydrogen-bond acceptors (Lipinski definition) is 5. The normalized spacial score (nSPS) is 10.5. The second kappa shape index (κ2) is 5.22. The lowest BCUT2D eigenvalue weighted by atomic mass is 10.4. The lowest BCUT2D eigenvalue weighted by Crippen LogP contribution is -2.10. The fourth-order valence-corrected chi connectivity index (χ4v) is 1.56. The number of aromatic nitrogens is 5. The molecule has 17 heavy (non-hydrogen) atoms. The maximum Gasteiger partial charge on any atom is 0.222 e. The number of halogens is 1. The van der Waals surface area contributed by atoms with E-state index in [0.29, 0.717) is 5.95 Å². The second-order valence-electron chi connectivity index (χ2n) is 3.62. The molecular formula is C10H13BrN6. The molecule has 6 nitrogen and oxygen atoms in total. The first-order valence-electron chi connectivity index (χ1n) is 5.23. The first kappa shape index (κ1) is 12.0. The summed E-state index contributed by atoms with van der Waals surface area (Å²) in [6.45, 7) is 2.66. The van der Waals surface area contributed by atoms with E-state index in [0.717, 1.165) is 29.1 Å². The van der Waals surface area contributed by atoms with Crippen LogP contribution in [0.3, 0.4) is 0 Å². The molecule has 0 aliphatic heterocycles. The van der Waals surface area contributed by atoms with Crippen LogP contribution in [0.25, 0.3) is 0 Å². The van der Waals surface area contributed by atoms with Gasteiger partial charge in [0.1, 0.15) is 11.6 Å². The van der Waals surface area contributed by atoms with Gasteiger partial charge in [-0.15, -0.1) is 10.2 Å². The molecule has 0 saturated heterocycles. The van der Waals surface area contributed by atoms with Crippen LogP contribution in [0.5, 0.6) is 0 Å². The minimum absolute atomic E-state index is 0.618. The number of hydrogen-bond donors (Lipinski definition) is 1. The van der Waals surface area contributed by atoms with E-state index in [4.69, 9.17) is 0 Å². The Labute approximate surface area is 108 Å². The van der Waals surface area contributed by atoms with Crippen molar-refractivity contribution >= 4 is 21.9 Å². The van der Waals surface area contributed by atoms with E-state index in [1.54, 1.807) is 12.4 Å². The van der Waals surface area contributed by atoms with Crippen LogP contribution in [0.4, 0.5) is 5.95 Å². The summed E-state index contributed by atoms with van der Waals surface area (Å²) in [5, 5.41) is 11.2. The summed E-state index contributed by atoms with van der Waals surface area (Å²) in [7, 11) is 1.96. The Morgan fingerprint density at radius 1 is 1.29 bits per heavy atom. The monoisotopic (exact) mass is 296 g/mol. The summed E-state index contributed by atoms with van der Waals surface area (Å²) in [5.74, 6) is 2.49. The molecule has 0 atom stereocenters. The highest BCUT2D eigenvalue weighted by Gasteiger charge is 2.04. The van der Waals surface area contributed by atoms with Gasteiger partial charge in [0.2, 0.25) is 5.95 Å². The van der Waals surface area contributed by atoms with Gasteiger partial charge >= 0.3 is 0 Å². The molecule has 0 unspecified atom stereocenters. The predicted octanol–water partition coefficient (Wildman–Crippen LogP) is 1.33. The van der Waals surface area contributed by atoms with Gasteiger partial charge in [0.15, 0.2) is 0 Å². The van der Waals surface area contributed by atoms with Crippen LogP contribution in [0.1, 0.15) is 11.6 Å². The Hall–Kier alpha value is -1.50. The maximum atomic E-state index is 4.13. The second-order valence-corrected chi connectivity index (χ2v) is 4.54. The van der Waals surface area contributed by atoms with Crippen LogP contribution < -0.4 is 5.32 Å². The van der Waals surface area contributed by atoms with Gasteiger partial charge in [0, 0.05) is 32.4 Å². The molecule has 0 amide bonds. The number of nitrogens with zero attached hydrogens (tertiary/aromatic N) is 5. The molecular weight excluding hydrogens is 284 g/mol. The van der Waals surface area contributed by atoms with Crippen LogP contribution in [0.15, 0.2) is 16.9 Å². The summed E-state index contributed by atoms with van der Waals surface area (Å²) >= 11 is 3.29. The molecule has 0 saturated carbocycles. The quantitative estimate of drug-likeness (QED) is 0.922. The van der Waals surface area contributed by atoms with Crippen molar-refractivity contribution in [2.45, 2.75) is 13.3 Å². The van der Waals surface area contributed by atoms with Crippen molar-refractivity contribution in [1.82, 2.24) is 24.7 Å². The highest BCUT2D eigenvalue weighted by molar-refractivity contribution is 9.10. The van der Waals surface area contributed by atoms with Crippen molar-refractivity contribution in [2.75, 3.05) is 11.9 Å². The van der Waals surface area contributed by atoms with Crippen LogP contribution in [-0.4, -0.2) is 31.3 Å². The van der Waals surface area contributed by atoms with Crippen molar-refractivity contribution in [3.63, 3.8) is 0 Å². The summed E-state index contributed by atoms with van der Waals surface area (Å²) < 4.78 is 2.84. The van der Waals surface area contributed by atoms with Crippen LogP contribution >= 0.6 is 15.9 Å². The van der Waals surface area contributed by atoms with E-state index in [9.17, 15) is 0 Å². The van der Waals surface area contributed by atoms with Crippen molar-refractivity contribution in [3.8, 4) is 0 Å². The van der Waals surface area contributed by atoms with Crippen LogP contribution in [0.2, 0.25) is 0 Å². The Balaban J connectivity index is 1.87. The Bertz CT molecular complexity index is 492. The average molecular weight is 297 g/mol. The molecule has 0 aliphatic carbocycles. The van der Waals surface area contributed by atoms with Crippen molar-refractivity contribution in [1.29, 1.82) is 0 Å². The van der Waals surface area contributed by atoms with E-state index in [2.05, 4.69) is 41.4 Å². The van der Waals surface area contributed by atoms with Crippen LogP contribution in [0, 0.1) is 6.92 Å². The van der Waals surface area contributed by atoms with Gasteiger partial charge in [-0.05, 0) is 22.9 Å². The van der Waals surface area contributed by atoms with Gasteiger partial charge in [0.05, 0.1) is 4.47 Å². The summed E-state index contributed by atoms with van der Waals surface area (Å²) in [6, 6.07) is 0. The molecule has 1 N–H and O–H groups in total. The number of rotatable bonds is 4. The van der Waals surface area contributed by atoms with Crippen molar-refractivity contribution in [3.05, 3.63) is 28.5 Å². The largest absolute Gasteiger partial charge is 0.354 e. The van der Waals surface area contributed by atoms with Gasteiger partial charge in [-0.1, -0.05) is 0 Å². The molecule has 7 heteroatoms. The highest BCUT2D eigenvalue weighted by Crippen LogP contribution is 2.06. The number of anilines is 1. The van der Waals surface area contributed by atoms with E-state index in [1.165, 1.54) is 0 Å². The molecule has 2 aromatic rings. The Morgan fingerprint density at radius 2 is 2.00 bits per heavy atom. The average Bonchev–Trinajstić information content (AvgIpc) is 2.64. The molecule has 2 aromatic heterocycles. The molecule has 0 aromatic carbocycles. The third-order valence-corrected chi connectivity index (χ3v) is 2.84. The van der Waals surface area contributed by atoms with Gasteiger partial charge in [-0.3, -0.25) is 0 Å². The first-order valence-corrected chi connectivity index (χ1v) is 6.02. The van der Waals surface area contributed by atoms with Crippen LogP contribution in [-0.2, 0) is 13.5 Å². The molecule has 0 aliphatic rings. The molecule has 90 valence electrons. The standard InChI is InChI=1S/C10H13BrN6/c1-7-15-16-9(17(7)2)3-4-12-10-13-5-8(11)6-14-10/h5-6H,3-4H2,1-2H3,(H,12,13,14). The summed E-state index contributed by atoms with van der Waals surface area (Å²) in [6.07, 6.45) is 4.21. The molecule has 2 heterocycles. The van der Waals surface area contributed by atoms with E-state index < -0.39 is 0 Å². The minimum atomic E-state index is 0.618. The molecule has 0 radical (unpaired) electrons. The summed E-state index contributed by atoms with van der Waals surface area (Å²) in [4.78, 5) is 8.25. The third kappa shape index (κ3) is 3.00. The minimum Gasteiger partial charge on any atom is -0.354 e. The lowest BCUT2D eigenvalue weighted by Gasteiger charge is -2.04. The highest BCUT2D eigenvalue weighted by atomic mass is 79.9. The van der Waals surface area contributed by atoms with E-state index in [1.807, 2.05) is 18.5 Å². The van der Waals surface area contributed by atoms with Gasteiger partial charge < -0.3 is 9.88 Å². The zero-order chi connectivity index (χ0) is 12.3. The summed E-state index contributed by atoms with van der Waals surface area (Å²) in [5.41, 5.74) is 0. The Kier molecular flexibility index (Phi) is 3.68. The maximum absolute atomic E-state index is 4.13. The number of nitrogens with one attached hydrogen (secondary N) is 1. The van der Waals surface area contributed by atoms with E-state index >= 15 is 0 Å². The molecule has 2 rings (SSSR count). The van der Waals surface area contributed by atoms with Gasteiger partial charge in [-0.2, -0.15) is 0 Å². The molecule has 0 bridgehead atoms. The zero-order valence-electron chi connectivity index (χ0n) is 9.68. The van der Waals surface area contributed by atoms with Crippen molar-refractivity contribution < 1.29 is 0 Å². The lowest BCUT2D eigenvalue weighted by molar-refractivity contribution is 0.768. The topological polar surface area (TPSA) is 68.5 Å². The molecule has 0 fully saturated rings. The first-order chi connectivity index (χ1) is 8.16. The van der Waals surface area contributed by atoms with Gasteiger partial charge in [-0.25, -0.2) is 9.97 Å². The smallest absolute Gasteiger partial charge is 0.222 e. The van der Waals surface area contributed by atoms with Crippen molar-refractivity contribution in [2.24, 2.45) is 7.05 Å². The zero-order valence-corrected chi connectivity index (χ0v) is 11.3. The predicted molar refractivity (Wildman–Crippen MR) is 67.7 cm³/mol. The van der Waals surface area contributed by atoms with Gasteiger partial charge in [0.25, 0.3) is 0 Å². The fraction of sp³-hybridized carbons (Fsp3) is 0.400. The van der Waals surface area contributed by atoms with E-state index in [-0.39, 0.29) is 0 Å². The number of aryl methyl sites for hydroxylation is 1. The fourth-order valence-electron chi connectivity index (χ4n) is 1.36.